The Morgan fingerprint density at radius 3 is 2.12 bits per heavy atom. The number of halogens is 2. The molecule has 17 heavy (non-hydrogen) atoms. The first-order chi connectivity index (χ1) is 7.75. The summed E-state index contributed by atoms with van der Waals surface area (Å²) < 4.78 is 26.0. The lowest BCUT2D eigenvalue weighted by molar-refractivity contribution is -0.150. The minimum absolute atomic E-state index is 0.106. The molecule has 0 saturated carbocycles. The summed E-state index contributed by atoms with van der Waals surface area (Å²) >= 11 is 0. The van der Waals surface area contributed by atoms with Gasteiger partial charge in [0.05, 0.1) is 5.41 Å². The third-order valence-electron chi connectivity index (χ3n) is 3.26. The standard InChI is InChI=1S/C13H16F2O2/c1-8(2)13(3,12(16)17)7-9-4-10(14)6-11(15)5-9/h4-6,8H,7H2,1-3H3,(H,16,17). The lowest BCUT2D eigenvalue weighted by Crippen LogP contribution is -2.35. The highest BCUT2D eigenvalue weighted by Crippen LogP contribution is 2.32. The second-order valence-electron chi connectivity index (χ2n) is 4.83. The number of carboxylic acids is 1. The lowest BCUT2D eigenvalue weighted by atomic mass is 9.74. The summed E-state index contributed by atoms with van der Waals surface area (Å²) in [6.45, 7) is 5.15. The Morgan fingerprint density at radius 1 is 1.29 bits per heavy atom. The topological polar surface area (TPSA) is 37.3 Å². The molecular formula is C13H16F2O2. The molecule has 0 aliphatic carbocycles. The summed E-state index contributed by atoms with van der Waals surface area (Å²) in [5.74, 6) is -2.46. The van der Waals surface area contributed by atoms with E-state index in [0.717, 1.165) is 6.07 Å². The second kappa shape index (κ2) is 4.82. The molecule has 1 atom stereocenters. The lowest BCUT2D eigenvalue weighted by Gasteiger charge is -2.29. The molecule has 0 radical (unpaired) electrons. The zero-order valence-corrected chi connectivity index (χ0v) is 10.1. The van der Waals surface area contributed by atoms with Crippen molar-refractivity contribution in [1.29, 1.82) is 0 Å². The SMILES string of the molecule is CC(C)C(C)(Cc1cc(F)cc(F)c1)C(=O)O. The van der Waals surface area contributed by atoms with Gasteiger partial charge in [-0.1, -0.05) is 13.8 Å². The number of hydrogen-bond acceptors (Lipinski definition) is 1. The van der Waals surface area contributed by atoms with Crippen molar-refractivity contribution < 1.29 is 18.7 Å². The van der Waals surface area contributed by atoms with Crippen LogP contribution in [-0.2, 0) is 11.2 Å². The Bertz CT molecular complexity index is 409. The summed E-state index contributed by atoms with van der Waals surface area (Å²) in [4.78, 5) is 11.2. The van der Waals surface area contributed by atoms with Crippen LogP contribution in [0.1, 0.15) is 26.3 Å². The summed E-state index contributed by atoms with van der Waals surface area (Å²) in [6.07, 6.45) is 0.106. The van der Waals surface area contributed by atoms with E-state index in [0.29, 0.717) is 5.56 Å². The third kappa shape index (κ3) is 3.02. The Balaban J connectivity index is 3.06. The van der Waals surface area contributed by atoms with Gasteiger partial charge in [0.2, 0.25) is 0 Å². The van der Waals surface area contributed by atoms with Crippen molar-refractivity contribution in [2.75, 3.05) is 0 Å². The molecule has 0 aliphatic heterocycles. The zero-order valence-electron chi connectivity index (χ0n) is 10.1. The van der Waals surface area contributed by atoms with Crippen molar-refractivity contribution in [3.63, 3.8) is 0 Å². The summed E-state index contributed by atoms with van der Waals surface area (Å²) in [7, 11) is 0. The molecule has 4 heteroatoms. The predicted octanol–water partition coefficient (Wildman–Crippen LogP) is 3.25. The molecule has 0 fully saturated rings. The molecule has 0 saturated heterocycles. The van der Waals surface area contributed by atoms with E-state index in [-0.39, 0.29) is 12.3 Å². The highest BCUT2D eigenvalue weighted by molar-refractivity contribution is 5.74. The van der Waals surface area contributed by atoms with E-state index in [9.17, 15) is 18.7 Å². The van der Waals surface area contributed by atoms with E-state index in [1.807, 2.05) is 0 Å². The maximum absolute atomic E-state index is 13.0. The van der Waals surface area contributed by atoms with Crippen molar-refractivity contribution in [2.45, 2.75) is 27.2 Å². The molecule has 0 spiro atoms. The van der Waals surface area contributed by atoms with E-state index in [4.69, 9.17) is 0 Å². The third-order valence-corrected chi connectivity index (χ3v) is 3.26. The van der Waals surface area contributed by atoms with Crippen LogP contribution in [0.3, 0.4) is 0 Å². The molecule has 1 unspecified atom stereocenters. The number of hydrogen-bond donors (Lipinski definition) is 1. The summed E-state index contributed by atoms with van der Waals surface area (Å²) in [6, 6.07) is 3.12. The highest BCUT2D eigenvalue weighted by Gasteiger charge is 2.36. The van der Waals surface area contributed by atoms with Crippen LogP contribution in [0.4, 0.5) is 8.78 Å². The Kier molecular flexibility index (Phi) is 3.86. The first-order valence-electron chi connectivity index (χ1n) is 5.44. The molecule has 94 valence electrons. The smallest absolute Gasteiger partial charge is 0.309 e. The molecule has 1 aromatic carbocycles. The van der Waals surface area contributed by atoms with Gasteiger partial charge in [-0.2, -0.15) is 0 Å². The first-order valence-corrected chi connectivity index (χ1v) is 5.44. The van der Waals surface area contributed by atoms with Crippen LogP contribution in [-0.4, -0.2) is 11.1 Å². The summed E-state index contributed by atoms with van der Waals surface area (Å²) in [5.41, 5.74) is -0.665. The maximum Gasteiger partial charge on any atom is 0.309 e. The Labute approximate surface area is 99.3 Å². The second-order valence-corrected chi connectivity index (χ2v) is 4.83. The van der Waals surface area contributed by atoms with Gasteiger partial charge >= 0.3 is 5.97 Å². The van der Waals surface area contributed by atoms with Gasteiger partial charge in [-0.15, -0.1) is 0 Å². The van der Waals surface area contributed by atoms with Crippen LogP contribution in [0.15, 0.2) is 18.2 Å². The van der Waals surface area contributed by atoms with Crippen LogP contribution < -0.4 is 0 Å². The minimum Gasteiger partial charge on any atom is -0.481 e. The van der Waals surface area contributed by atoms with Gasteiger partial charge in [0.15, 0.2) is 0 Å². The molecule has 0 aliphatic rings. The Hall–Kier alpha value is -1.45. The number of aliphatic carboxylic acids is 1. The average molecular weight is 242 g/mol. The van der Waals surface area contributed by atoms with Crippen LogP contribution in [0.2, 0.25) is 0 Å². The molecule has 1 rings (SSSR count). The molecule has 0 heterocycles. The number of rotatable bonds is 4. The van der Waals surface area contributed by atoms with Gasteiger partial charge in [0.25, 0.3) is 0 Å². The molecule has 0 amide bonds. The maximum atomic E-state index is 13.0. The van der Waals surface area contributed by atoms with E-state index in [2.05, 4.69) is 0 Å². The molecule has 1 aromatic rings. The van der Waals surface area contributed by atoms with Gasteiger partial charge in [0, 0.05) is 6.07 Å². The number of benzene rings is 1. The number of carbonyl (C=O) groups is 1. The van der Waals surface area contributed by atoms with Crippen molar-refractivity contribution in [3.8, 4) is 0 Å². The van der Waals surface area contributed by atoms with E-state index in [1.54, 1.807) is 20.8 Å². The average Bonchev–Trinajstić information content (AvgIpc) is 2.14. The molecule has 1 N–H and O–H groups in total. The normalized spacial score (nSPS) is 14.7. The first kappa shape index (κ1) is 13.6. The molecular weight excluding hydrogens is 226 g/mol. The predicted molar refractivity (Wildman–Crippen MR) is 60.6 cm³/mol. The van der Waals surface area contributed by atoms with Gasteiger partial charge < -0.3 is 5.11 Å². The van der Waals surface area contributed by atoms with Crippen LogP contribution >= 0.6 is 0 Å². The fourth-order valence-corrected chi connectivity index (χ4v) is 1.66. The van der Waals surface area contributed by atoms with Gasteiger partial charge in [-0.25, -0.2) is 8.78 Å². The largest absolute Gasteiger partial charge is 0.481 e. The highest BCUT2D eigenvalue weighted by atomic mass is 19.1. The fraction of sp³-hybridized carbons (Fsp3) is 0.462. The monoisotopic (exact) mass is 242 g/mol. The van der Waals surface area contributed by atoms with Gasteiger partial charge in [0.1, 0.15) is 11.6 Å². The summed E-state index contributed by atoms with van der Waals surface area (Å²) in [5, 5.41) is 9.22. The van der Waals surface area contributed by atoms with Crippen molar-refractivity contribution in [1.82, 2.24) is 0 Å². The van der Waals surface area contributed by atoms with E-state index in [1.165, 1.54) is 12.1 Å². The van der Waals surface area contributed by atoms with Crippen LogP contribution in [0.5, 0.6) is 0 Å². The number of carboxylic acid groups (broad SMARTS) is 1. The van der Waals surface area contributed by atoms with Crippen molar-refractivity contribution in [3.05, 3.63) is 35.4 Å². The fourth-order valence-electron chi connectivity index (χ4n) is 1.66. The van der Waals surface area contributed by atoms with E-state index >= 15 is 0 Å². The van der Waals surface area contributed by atoms with E-state index < -0.39 is 23.0 Å². The van der Waals surface area contributed by atoms with Crippen LogP contribution in [0, 0.1) is 23.0 Å². The van der Waals surface area contributed by atoms with Gasteiger partial charge in [-0.05, 0) is 37.0 Å². The zero-order chi connectivity index (χ0) is 13.2. The molecule has 2 nitrogen and oxygen atoms in total. The quantitative estimate of drug-likeness (QED) is 0.879. The van der Waals surface area contributed by atoms with Crippen molar-refractivity contribution >= 4 is 5.97 Å². The molecule has 0 bridgehead atoms. The Morgan fingerprint density at radius 2 is 1.76 bits per heavy atom. The van der Waals surface area contributed by atoms with Crippen molar-refractivity contribution in [2.24, 2.45) is 11.3 Å². The molecule has 0 aromatic heterocycles. The van der Waals surface area contributed by atoms with Crippen LogP contribution in [0.25, 0.3) is 0 Å². The minimum atomic E-state index is -1.03. The van der Waals surface area contributed by atoms with Gasteiger partial charge in [-0.3, -0.25) is 4.79 Å².